The van der Waals surface area contributed by atoms with E-state index in [0.29, 0.717) is 22.4 Å². The molecule has 0 aliphatic carbocycles. The largest absolute Gasteiger partial charge is 0.497 e. The first-order valence-electron chi connectivity index (χ1n) is 6.38. The van der Waals surface area contributed by atoms with Gasteiger partial charge in [-0.3, -0.25) is 14.5 Å². The molecule has 0 aromatic heterocycles. The minimum Gasteiger partial charge on any atom is -0.497 e. The summed E-state index contributed by atoms with van der Waals surface area (Å²) in [6.45, 7) is 0. The van der Waals surface area contributed by atoms with Crippen LogP contribution in [0.5, 0.6) is 5.75 Å². The molecule has 0 saturated carbocycles. The minimum absolute atomic E-state index is 0.369. The van der Waals surface area contributed by atoms with Crippen LogP contribution in [0.2, 0.25) is 0 Å². The first-order valence-corrected chi connectivity index (χ1v) is 6.82. The fourth-order valence-corrected chi connectivity index (χ4v) is 2.65. The molecule has 0 radical (unpaired) electrons. The molecule has 0 N–H and O–H groups in total. The van der Waals surface area contributed by atoms with Gasteiger partial charge in [-0.2, -0.15) is 0 Å². The quantitative estimate of drug-likeness (QED) is 0.497. The SMILES string of the molecule is COc1ccc(C(Cl)N2C(=O)c3ccccc3C2=O)cc1. The highest BCUT2D eigenvalue weighted by Crippen LogP contribution is 2.34. The molecule has 1 aliphatic heterocycles. The predicted molar refractivity (Wildman–Crippen MR) is 78.5 cm³/mol. The van der Waals surface area contributed by atoms with Crippen LogP contribution < -0.4 is 4.74 Å². The van der Waals surface area contributed by atoms with Crippen molar-refractivity contribution in [1.82, 2.24) is 4.90 Å². The van der Waals surface area contributed by atoms with Gasteiger partial charge in [0.2, 0.25) is 0 Å². The van der Waals surface area contributed by atoms with Gasteiger partial charge in [0.1, 0.15) is 11.3 Å². The molecule has 2 amide bonds. The molecule has 4 nitrogen and oxygen atoms in total. The highest BCUT2D eigenvalue weighted by atomic mass is 35.5. The number of nitrogens with zero attached hydrogens (tertiary/aromatic N) is 1. The van der Waals surface area contributed by atoms with Crippen LogP contribution in [0.25, 0.3) is 0 Å². The Labute approximate surface area is 126 Å². The Morgan fingerprint density at radius 3 is 1.95 bits per heavy atom. The lowest BCUT2D eigenvalue weighted by Gasteiger charge is -2.20. The highest BCUT2D eigenvalue weighted by Gasteiger charge is 2.39. The second-order valence-electron chi connectivity index (χ2n) is 4.63. The van der Waals surface area contributed by atoms with Crippen molar-refractivity contribution in [2.24, 2.45) is 0 Å². The fourth-order valence-electron chi connectivity index (χ4n) is 2.33. The van der Waals surface area contributed by atoms with Gasteiger partial charge in [0.05, 0.1) is 18.2 Å². The molecule has 0 fully saturated rings. The number of hydrogen-bond acceptors (Lipinski definition) is 3. The van der Waals surface area contributed by atoms with E-state index in [4.69, 9.17) is 16.3 Å². The molecule has 1 aliphatic rings. The number of methoxy groups -OCH3 is 1. The topological polar surface area (TPSA) is 46.6 Å². The summed E-state index contributed by atoms with van der Waals surface area (Å²) < 4.78 is 5.08. The van der Waals surface area contributed by atoms with Gasteiger partial charge in [0.15, 0.2) is 0 Å². The monoisotopic (exact) mass is 301 g/mol. The number of fused-ring (bicyclic) bond motifs is 1. The average molecular weight is 302 g/mol. The molecule has 21 heavy (non-hydrogen) atoms. The Bertz CT molecular complexity index is 677. The summed E-state index contributed by atoms with van der Waals surface area (Å²) in [6, 6.07) is 13.7. The number of halogens is 1. The smallest absolute Gasteiger partial charge is 0.263 e. The van der Waals surface area contributed by atoms with E-state index in [-0.39, 0.29) is 11.8 Å². The summed E-state index contributed by atoms with van der Waals surface area (Å²) >= 11 is 6.33. The minimum atomic E-state index is -0.844. The average Bonchev–Trinajstić information content (AvgIpc) is 2.79. The Kier molecular flexibility index (Phi) is 3.39. The van der Waals surface area contributed by atoms with Crippen LogP contribution in [0, 0.1) is 0 Å². The summed E-state index contributed by atoms with van der Waals surface area (Å²) in [4.78, 5) is 25.8. The number of alkyl halides is 1. The van der Waals surface area contributed by atoms with E-state index < -0.39 is 5.50 Å². The zero-order valence-electron chi connectivity index (χ0n) is 11.2. The van der Waals surface area contributed by atoms with Crippen molar-refractivity contribution in [2.75, 3.05) is 7.11 Å². The lowest BCUT2D eigenvalue weighted by Crippen LogP contribution is -2.31. The van der Waals surface area contributed by atoms with Gasteiger partial charge in [-0.15, -0.1) is 0 Å². The number of carbonyl (C=O) groups is 2. The van der Waals surface area contributed by atoms with Crippen molar-refractivity contribution in [3.63, 3.8) is 0 Å². The van der Waals surface area contributed by atoms with E-state index in [0.717, 1.165) is 4.90 Å². The standard InChI is InChI=1S/C16H12ClNO3/c1-21-11-8-6-10(7-9-11)14(17)18-15(19)12-4-2-3-5-13(12)16(18)20/h2-9,14H,1H3. The van der Waals surface area contributed by atoms with Gasteiger partial charge < -0.3 is 4.74 Å². The fraction of sp³-hybridized carbons (Fsp3) is 0.125. The van der Waals surface area contributed by atoms with E-state index >= 15 is 0 Å². The first-order chi connectivity index (χ1) is 10.1. The van der Waals surface area contributed by atoms with Crippen molar-refractivity contribution < 1.29 is 14.3 Å². The maximum atomic E-state index is 12.3. The number of benzene rings is 2. The molecule has 1 unspecified atom stereocenters. The second kappa shape index (κ2) is 5.22. The summed E-state index contributed by atoms with van der Waals surface area (Å²) in [5.41, 5.74) is 0.596. The van der Waals surface area contributed by atoms with Gasteiger partial charge in [-0.1, -0.05) is 35.9 Å². The molecule has 0 bridgehead atoms. The second-order valence-corrected chi connectivity index (χ2v) is 5.05. The van der Waals surface area contributed by atoms with Crippen LogP contribution in [0.15, 0.2) is 48.5 Å². The van der Waals surface area contributed by atoms with Crippen LogP contribution in [-0.4, -0.2) is 23.8 Å². The molecule has 2 aromatic rings. The zero-order chi connectivity index (χ0) is 15.0. The van der Waals surface area contributed by atoms with E-state index in [1.165, 1.54) is 0 Å². The van der Waals surface area contributed by atoms with Crippen molar-refractivity contribution in [3.05, 3.63) is 65.2 Å². The van der Waals surface area contributed by atoms with Crippen LogP contribution in [0.4, 0.5) is 0 Å². The maximum Gasteiger partial charge on any atom is 0.263 e. The zero-order valence-corrected chi connectivity index (χ0v) is 12.0. The van der Waals surface area contributed by atoms with E-state index in [9.17, 15) is 9.59 Å². The van der Waals surface area contributed by atoms with E-state index in [1.54, 1.807) is 55.6 Å². The van der Waals surface area contributed by atoms with Gasteiger partial charge in [0, 0.05) is 0 Å². The lowest BCUT2D eigenvalue weighted by atomic mass is 10.1. The Balaban J connectivity index is 1.94. The number of carbonyl (C=O) groups excluding carboxylic acids is 2. The summed E-state index contributed by atoms with van der Waals surface area (Å²) in [6.07, 6.45) is 0. The van der Waals surface area contributed by atoms with Gasteiger partial charge in [-0.05, 0) is 29.8 Å². The van der Waals surface area contributed by atoms with Crippen molar-refractivity contribution >= 4 is 23.4 Å². The normalized spacial score (nSPS) is 15.0. The molecular weight excluding hydrogens is 290 g/mol. The number of amides is 2. The lowest BCUT2D eigenvalue weighted by molar-refractivity contribution is 0.0633. The molecule has 2 aromatic carbocycles. The number of hydrogen-bond donors (Lipinski definition) is 0. The molecule has 0 spiro atoms. The molecular formula is C16H12ClNO3. The van der Waals surface area contributed by atoms with Crippen LogP contribution in [-0.2, 0) is 0 Å². The summed E-state index contributed by atoms with van der Waals surface area (Å²) in [7, 11) is 1.57. The van der Waals surface area contributed by atoms with Crippen molar-refractivity contribution in [2.45, 2.75) is 5.50 Å². The van der Waals surface area contributed by atoms with Crippen molar-refractivity contribution in [1.29, 1.82) is 0 Å². The van der Waals surface area contributed by atoms with Gasteiger partial charge in [0.25, 0.3) is 11.8 Å². The van der Waals surface area contributed by atoms with Gasteiger partial charge >= 0.3 is 0 Å². The Hall–Kier alpha value is -2.33. The number of ether oxygens (including phenoxy) is 1. The molecule has 0 saturated heterocycles. The number of imide groups is 1. The molecule has 5 heteroatoms. The summed E-state index contributed by atoms with van der Waals surface area (Å²) in [5, 5.41) is 0. The first kappa shape index (κ1) is 13.6. The Morgan fingerprint density at radius 1 is 0.952 bits per heavy atom. The van der Waals surface area contributed by atoms with Gasteiger partial charge in [-0.25, -0.2) is 0 Å². The van der Waals surface area contributed by atoms with Crippen LogP contribution in [0.1, 0.15) is 31.8 Å². The molecule has 106 valence electrons. The summed E-state index contributed by atoms with van der Waals surface area (Å²) in [5.74, 6) is -0.0530. The molecule has 1 heterocycles. The molecule has 1 atom stereocenters. The highest BCUT2D eigenvalue weighted by molar-refractivity contribution is 6.28. The number of rotatable bonds is 3. The van der Waals surface area contributed by atoms with Crippen molar-refractivity contribution in [3.8, 4) is 5.75 Å². The Morgan fingerprint density at radius 2 is 1.48 bits per heavy atom. The molecule has 3 rings (SSSR count). The predicted octanol–water partition coefficient (Wildman–Crippen LogP) is 3.23. The maximum absolute atomic E-state index is 12.3. The van der Waals surface area contributed by atoms with Crippen LogP contribution in [0.3, 0.4) is 0 Å². The third-order valence-electron chi connectivity index (χ3n) is 3.44. The third kappa shape index (κ3) is 2.17. The van der Waals surface area contributed by atoms with E-state index in [2.05, 4.69) is 0 Å². The van der Waals surface area contributed by atoms with E-state index in [1.807, 2.05) is 0 Å². The van der Waals surface area contributed by atoms with Crippen LogP contribution >= 0.6 is 11.6 Å². The third-order valence-corrected chi connectivity index (χ3v) is 3.89.